The van der Waals surface area contributed by atoms with Gasteiger partial charge in [-0.3, -0.25) is 0 Å². The highest BCUT2D eigenvalue weighted by Gasteiger charge is 2.13. The summed E-state index contributed by atoms with van der Waals surface area (Å²) in [5.74, 6) is 0. The van der Waals surface area contributed by atoms with E-state index in [9.17, 15) is 0 Å². The van der Waals surface area contributed by atoms with Crippen molar-refractivity contribution in [2.24, 2.45) is 0 Å². The summed E-state index contributed by atoms with van der Waals surface area (Å²) in [6.07, 6.45) is 1.94. The van der Waals surface area contributed by atoms with Crippen LogP contribution >= 0.6 is 39.1 Å². The Kier molecular flexibility index (Phi) is 6.56. The van der Waals surface area contributed by atoms with Gasteiger partial charge >= 0.3 is 0 Å². The molecule has 0 saturated heterocycles. The van der Waals surface area contributed by atoms with E-state index in [-0.39, 0.29) is 6.04 Å². The third-order valence-electron chi connectivity index (χ3n) is 3.35. The lowest BCUT2D eigenvalue weighted by molar-refractivity contribution is 0.529. The molecular formula is C17H18BrCl2N. The van der Waals surface area contributed by atoms with Gasteiger partial charge in [-0.1, -0.05) is 64.3 Å². The van der Waals surface area contributed by atoms with Gasteiger partial charge in [0.2, 0.25) is 0 Å². The second kappa shape index (κ2) is 8.19. The highest BCUT2D eigenvalue weighted by Crippen LogP contribution is 2.27. The van der Waals surface area contributed by atoms with Crippen molar-refractivity contribution in [1.29, 1.82) is 0 Å². The van der Waals surface area contributed by atoms with Crippen LogP contribution in [0.5, 0.6) is 0 Å². The summed E-state index contributed by atoms with van der Waals surface area (Å²) >= 11 is 15.7. The Balaban J connectivity index is 2.21. The Bertz CT molecular complexity index is 584. The summed E-state index contributed by atoms with van der Waals surface area (Å²) in [6, 6.07) is 14.4. The minimum atomic E-state index is 0.247. The Morgan fingerprint density at radius 1 is 1.10 bits per heavy atom. The third-order valence-corrected chi connectivity index (χ3v) is 4.47. The Labute approximate surface area is 144 Å². The Hall–Kier alpha value is -0.540. The van der Waals surface area contributed by atoms with Gasteiger partial charge in [0.05, 0.1) is 0 Å². The third kappa shape index (κ3) is 5.00. The molecule has 0 amide bonds. The van der Waals surface area contributed by atoms with E-state index in [0.717, 1.165) is 34.4 Å². The highest BCUT2D eigenvalue weighted by molar-refractivity contribution is 9.10. The van der Waals surface area contributed by atoms with E-state index in [0.29, 0.717) is 5.02 Å². The first-order valence-corrected chi connectivity index (χ1v) is 8.58. The van der Waals surface area contributed by atoms with Gasteiger partial charge in [0.15, 0.2) is 0 Å². The first-order chi connectivity index (χ1) is 10.1. The van der Waals surface area contributed by atoms with Gasteiger partial charge in [-0.15, -0.1) is 0 Å². The molecule has 0 bridgehead atoms. The van der Waals surface area contributed by atoms with Gasteiger partial charge in [0.25, 0.3) is 0 Å². The van der Waals surface area contributed by atoms with Crippen molar-refractivity contribution >= 4 is 39.1 Å². The number of benzene rings is 2. The van der Waals surface area contributed by atoms with Gasteiger partial charge in [-0.25, -0.2) is 0 Å². The molecule has 2 aromatic rings. The Morgan fingerprint density at radius 3 is 2.43 bits per heavy atom. The molecule has 0 spiro atoms. The average Bonchev–Trinajstić information content (AvgIpc) is 2.46. The molecule has 21 heavy (non-hydrogen) atoms. The Morgan fingerprint density at radius 2 is 1.81 bits per heavy atom. The molecule has 1 nitrogen and oxygen atoms in total. The molecule has 1 N–H and O–H groups in total. The van der Waals surface area contributed by atoms with Crippen LogP contribution in [0, 0.1) is 0 Å². The zero-order valence-electron chi connectivity index (χ0n) is 11.9. The van der Waals surface area contributed by atoms with Crippen LogP contribution in [0.3, 0.4) is 0 Å². The molecule has 0 aromatic heterocycles. The fourth-order valence-corrected chi connectivity index (χ4v) is 2.98. The van der Waals surface area contributed by atoms with Crippen molar-refractivity contribution in [2.75, 3.05) is 6.54 Å². The molecule has 0 saturated carbocycles. The average molecular weight is 387 g/mol. The molecule has 4 heteroatoms. The molecule has 0 aliphatic carbocycles. The highest BCUT2D eigenvalue weighted by atomic mass is 79.9. The van der Waals surface area contributed by atoms with Gasteiger partial charge in [-0.05, 0) is 54.8 Å². The van der Waals surface area contributed by atoms with Crippen LogP contribution < -0.4 is 5.32 Å². The minimum Gasteiger partial charge on any atom is -0.310 e. The molecule has 0 fully saturated rings. The fraction of sp³-hybridized carbons (Fsp3) is 0.294. The number of rotatable bonds is 6. The molecule has 1 atom stereocenters. The normalized spacial score (nSPS) is 12.4. The van der Waals surface area contributed by atoms with E-state index in [1.54, 1.807) is 6.07 Å². The summed E-state index contributed by atoms with van der Waals surface area (Å²) in [5.41, 5.74) is 2.37. The minimum absolute atomic E-state index is 0.247. The largest absolute Gasteiger partial charge is 0.310 e. The van der Waals surface area contributed by atoms with E-state index in [2.05, 4.69) is 52.4 Å². The summed E-state index contributed by atoms with van der Waals surface area (Å²) < 4.78 is 1.09. The van der Waals surface area contributed by atoms with Crippen LogP contribution in [-0.2, 0) is 6.42 Å². The van der Waals surface area contributed by atoms with Crippen LogP contribution in [-0.4, -0.2) is 6.54 Å². The van der Waals surface area contributed by atoms with Gasteiger partial charge in [0.1, 0.15) is 0 Å². The maximum absolute atomic E-state index is 6.30. The maximum Gasteiger partial charge on any atom is 0.0453 e. The van der Waals surface area contributed by atoms with Crippen LogP contribution in [0.2, 0.25) is 10.0 Å². The molecule has 1 unspecified atom stereocenters. The lowest BCUT2D eigenvalue weighted by Gasteiger charge is -2.20. The molecule has 0 radical (unpaired) electrons. The zero-order valence-corrected chi connectivity index (χ0v) is 15.0. The van der Waals surface area contributed by atoms with Crippen LogP contribution in [0.4, 0.5) is 0 Å². The van der Waals surface area contributed by atoms with Crippen LogP contribution in [0.1, 0.15) is 30.5 Å². The second-order valence-electron chi connectivity index (χ2n) is 5.00. The molecule has 0 aliphatic heterocycles. The number of halogens is 3. The summed E-state index contributed by atoms with van der Waals surface area (Å²) in [6.45, 7) is 3.15. The van der Waals surface area contributed by atoms with Gasteiger partial charge in [-0.2, -0.15) is 0 Å². The standard InChI is InChI=1S/C17H18BrCl2N/c1-2-9-21-17(12-3-6-14(18)7-4-12)10-13-5-8-15(19)11-16(13)20/h3-8,11,17,21H,2,9-10H2,1H3. The van der Waals surface area contributed by atoms with Crippen LogP contribution in [0.25, 0.3) is 0 Å². The van der Waals surface area contributed by atoms with E-state index in [1.807, 2.05) is 12.1 Å². The van der Waals surface area contributed by atoms with Crippen molar-refractivity contribution in [3.63, 3.8) is 0 Å². The van der Waals surface area contributed by atoms with Crippen molar-refractivity contribution in [3.05, 3.63) is 68.1 Å². The van der Waals surface area contributed by atoms with Crippen molar-refractivity contribution in [2.45, 2.75) is 25.8 Å². The lowest BCUT2D eigenvalue weighted by atomic mass is 9.98. The summed E-state index contributed by atoms with van der Waals surface area (Å²) in [5, 5.41) is 4.99. The number of nitrogens with one attached hydrogen (secondary N) is 1. The van der Waals surface area contributed by atoms with E-state index < -0.39 is 0 Å². The van der Waals surface area contributed by atoms with Crippen molar-refractivity contribution in [1.82, 2.24) is 5.32 Å². The maximum atomic E-state index is 6.30. The zero-order chi connectivity index (χ0) is 15.2. The first-order valence-electron chi connectivity index (χ1n) is 7.03. The number of hydrogen-bond donors (Lipinski definition) is 1. The monoisotopic (exact) mass is 385 g/mol. The molecular weight excluding hydrogens is 369 g/mol. The SMILES string of the molecule is CCCNC(Cc1ccc(Cl)cc1Cl)c1ccc(Br)cc1. The molecule has 0 aliphatic rings. The molecule has 112 valence electrons. The van der Waals surface area contributed by atoms with Crippen LogP contribution in [0.15, 0.2) is 46.9 Å². The topological polar surface area (TPSA) is 12.0 Å². The van der Waals surface area contributed by atoms with Crippen molar-refractivity contribution in [3.8, 4) is 0 Å². The second-order valence-corrected chi connectivity index (χ2v) is 6.76. The fourth-order valence-electron chi connectivity index (χ4n) is 2.23. The molecule has 2 aromatic carbocycles. The predicted octanol–water partition coefficient (Wildman–Crippen LogP) is 6.04. The molecule has 0 heterocycles. The molecule has 2 rings (SSSR count). The predicted molar refractivity (Wildman–Crippen MR) is 95.3 cm³/mol. The van der Waals surface area contributed by atoms with E-state index in [4.69, 9.17) is 23.2 Å². The van der Waals surface area contributed by atoms with E-state index >= 15 is 0 Å². The first kappa shape index (κ1) is 16.8. The quantitative estimate of drug-likeness (QED) is 0.638. The lowest BCUT2D eigenvalue weighted by Crippen LogP contribution is -2.24. The smallest absolute Gasteiger partial charge is 0.0453 e. The summed E-state index contributed by atoms with van der Waals surface area (Å²) in [4.78, 5) is 0. The number of hydrogen-bond acceptors (Lipinski definition) is 1. The van der Waals surface area contributed by atoms with Gasteiger partial charge < -0.3 is 5.32 Å². The van der Waals surface area contributed by atoms with Gasteiger partial charge in [0, 0.05) is 20.6 Å². The summed E-state index contributed by atoms with van der Waals surface area (Å²) in [7, 11) is 0. The van der Waals surface area contributed by atoms with E-state index in [1.165, 1.54) is 5.56 Å². The van der Waals surface area contributed by atoms with Crippen molar-refractivity contribution < 1.29 is 0 Å².